The highest BCUT2D eigenvalue weighted by atomic mass is 127. The highest BCUT2D eigenvalue weighted by Crippen LogP contribution is 2.18. The van der Waals surface area contributed by atoms with Crippen molar-refractivity contribution >= 4 is 29.9 Å². The summed E-state index contributed by atoms with van der Waals surface area (Å²) in [6.07, 6.45) is 9.12. The summed E-state index contributed by atoms with van der Waals surface area (Å²) in [6, 6.07) is 9.38. The molecule has 0 atom stereocenters. The number of nitrogens with zero attached hydrogens (tertiary/aromatic N) is 2. The molecule has 1 heterocycles. The van der Waals surface area contributed by atoms with Crippen LogP contribution in [0.2, 0.25) is 0 Å². The summed E-state index contributed by atoms with van der Waals surface area (Å²) in [7, 11) is 0. The molecule has 0 amide bonds. The van der Waals surface area contributed by atoms with Crippen LogP contribution < -0.4 is 10.6 Å². The molecule has 1 saturated carbocycles. The molecule has 5 nitrogen and oxygen atoms in total. The minimum atomic E-state index is -0.120. The van der Waals surface area contributed by atoms with Gasteiger partial charge >= 0.3 is 0 Å². The number of hydrogen-bond donors (Lipinski definition) is 3. The van der Waals surface area contributed by atoms with Gasteiger partial charge in [-0.1, -0.05) is 37.1 Å². The maximum atomic E-state index is 9.68. The fourth-order valence-electron chi connectivity index (χ4n) is 4.21. The summed E-state index contributed by atoms with van der Waals surface area (Å²) in [4.78, 5) is 7.37. The van der Waals surface area contributed by atoms with Gasteiger partial charge in [0.05, 0.1) is 12.6 Å². The Morgan fingerprint density at radius 2 is 1.62 bits per heavy atom. The van der Waals surface area contributed by atoms with Crippen LogP contribution in [0.4, 0.5) is 0 Å². The average molecular weight is 514 g/mol. The van der Waals surface area contributed by atoms with Crippen LogP contribution in [0.5, 0.6) is 0 Å². The molecule has 1 saturated heterocycles. The van der Waals surface area contributed by atoms with Gasteiger partial charge in [-0.3, -0.25) is 4.90 Å². The van der Waals surface area contributed by atoms with E-state index in [0.29, 0.717) is 12.6 Å². The Morgan fingerprint density at radius 1 is 1.00 bits per heavy atom. The van der Waals surface area contributed by atoms with Crippen LogP contribution >= 0.6 is 24.0 Å². The number of rotatable bonds is 6. The average Bonchev–Trinajstić information content (AvgIpc) is 2.98. The Hall–Kier alpha value is -0.860. The zero-order chi connectivity index (χ0) is 19.6. The number of aliphatic imine (C=N–C) groups is 1. The monoisotopic (exact) mass is 514 g/mol. The number of aliphatic hydroxyl groups excluding tert-OH is 1. The Labute approximate surface area is 193 Å². The topological polar surface area (TPSA) is 59.9 Å². The summed E-state index contributed by atoms with van der Waals surface area (Å²) in [5.41, 5.74) is 2.65. The first-order valence-corrected chi connectivity index (χ1v) is 11.3. The van der Waals surface area contributed by atoms with E-state index in [1.807, 2.05) is 0 Å². The van der Waals surface area contributed by atoms with Gasteiger partial charge in [-0.15, -0.1) is 24.0 Å². The van der Waals surface area contributed by atoms with Crippen LogP contribution in [0, 0.1) is 0 Å². The third kappa shape index (κ3) is 8.80. The van der Waals surface area contributed by atoms with Gasteiger partial charge in [0.25, 0.3) is 0 Å². The molecule has 0 bridgehead atoms. The molecule has 0 unspecified atom stereocenters. The van der Waals surface area contributed by atoms with Crippen molar-refractivity contribution in [3.8, 4) is 0 Å². The Morgan fingerprint density at radius 3 is 2.24 bits per heavy atom. The summed E-state index contributed by atoms with van der Waals surface area (Å²) < 4.78 is 0. The fraction of sp³-hybridized carbons (Fsp3) is 0.696. The van der Waals surface area contributed by atoms with Gasteiger partial charge in [-0.05, 0) is 69.7 Å². The first-order valence-electron chi connectivity index (χ1n) is 11.3. The standard InChI is InChI=1S/C23H38N4O.HI/c1-2-24-23(26-21-11-13-22(28)14-12-21)25-17-19-7-9-20(10-8-19)18-27-15-5-3-4-6-16-27;/h7-10,21-22,28H,2-6,11-18H2,1H3,(H2,24,25,26);1H. The first-order chi connectivity index (χ1) is 13.7. The molecule has 2 fully saturated rings. The minimum Gasteiger partial charge on any atom is -0.393 e. The Balaban J connectivity index is 0.00000300. The molecule has 29 heavy (non-hydrogen) atoms. The second kappa shape index (κ2) is 13.4. The summed E-state index contributed by atoms with van der Waals surface area (Å²) in [5, 5.41) is 16.6. The summed E-state index contributed by atoms with van der Waals surface area (Å²) >= 11 is 0. The third-order valence-corrected chi connectivity index (χ3v) is 5.93. The van der Waals surface area contributed by atoms with Crippen molar-refractivity contribution < 1.29 is 5.11 Å². The van der Waals surface area contributed by atoms with E-state index < -0.39 is 0 Å². The smallest absolute Gasteiger partial charge is 0.191 e. The molecule has 1 aromatic rings. The number of aliphatic hydroxyl groups is 1. The molecule has 1 aromatic carbocycles. The number of guanidine groups is 1. The van der Waals surface area contributed by atoms with Gasteiger partial charge < -0.3 is 15.7 Å². The maximum absolute atomic E-state index is 9.68. The highest BCUT2D eigenvalue weighted by molar-refractivity contribution is 14.0. The van der Waals surface area contributed by atoms with Crippen LogP contribution in [-0.4, -0.2) is 47.7 Å². The SMILES string of the molecule is CCNC(=NCc1ccc(CN2CCCCCC2)cc1)NC1CCC(O)CC1.I. The molecule has 1 aliphatic heterocycles. The van der Waals surface area contributed by atoms with Crippen LogP contribution in [0.3, 0.4) is 0 Å². The van der Waals surface area contributed by atoms with E-state index in [1.165, 1.54) is 49.9 Å². The lowest BCUT2D eigenvalue weighted by molar-refractivity contribution is 0.120. The van der Waals surface area contributed by atoms with Gasteiger partial charge in [0.1, 0.15) is 0 Å². The summed E-state index contributed by atoms with van der Waals surface area (Å²) in [6.45, 7) is 7.19. The molecular formula is C23H39IN4O. The van der Waals surface area contributed by atoms with Crippen molar-refractivity contribution in [3.63, 3.8) is 0 Å². The van der Waals surface area contributed by atoms with Crippen molar-refractivity contribution in [3.05, 3.63) is 35.4 Å². The third-order valence-electron chi connectivity index (χ3n) is 5.93. The zero-order valence-corrected chi connectivity index (χ0v) is 20.2. The van der Waals surface area contributed by atoms with Crippen molar-refractivity contribution in [2.75, 3.05) is 19.6 Å². The number of halogens is 1. The lowest BCUT2D eigenvalue weighted by atomic mass is 9.93. The largest absolute Gasteiger partial charge is 0.393 e. The second-order valence-corrected chi connectivity index (χ2v) is 8.35. The van der Waals surface area contributed by atoms with Gasteiger partial charge in [0.2, 0.25) is 0 Å². The van der Waals surface area contributed by atoms with E-state index in [4.69, 9.17) is 4.99 Å². The number of benzene rings is 1. The van der Waals surface area contributed by atoms with E-state index in [2.05, 4.69) is 46.7 Å². The van der Waals surface area contributed by atoms with Crippen molar-refractivity contribution in [2.45, 2.75) is 83.5 Å². The van der Waals surface area contributed by atoms with Gasteiger partial charge in [0.15, 0.2) is 5.96 Å². The predicted molar refractivity (Wildman–Crippen MR) is 132 cm³/mol. The van der Waals surface area contributed by atoms with E-state index in [0.717, 1.165) is 44.7 Å². The van der Waals surface area contributed by atoms with Gasteiger partial charge in [-0.25, -0.2) is 4.99 Å². The molecule has 3 N–H and O–H groups in total. The van der Waals surface area contributed by atoms with Crippen molar-refractivity contribution in [1.82, 2.24) is 15.5 Å². The quantitative estimate of drug-likeness (QED) is 0.305. The van der Waals surface area contributed by atoms with Crippen molar-refractivity contribution in [2.24, 2.45) is 4.99 Å². The van der Waals surface area contributed by atoms with Gasteiger partial charge in [0, 0.05) is 19.1 Å². The molecular weight excluding hydrogens is 475 g/mol. The molecule has 164 valence electrons. The summed E-state index contributed by atoms with van der Waals surface area (Å²) in [5.74, 6) is 0.887. The molecule has 2 aliphatic rings. The van der Waals surface area contributed by atoms with Crippen LogP contribution in [0.25, 0.3) is 0 Å². The van der Waals surface area contributed by atoms with Crippen LogP contribution in [0.15, 0.2) is 29.3 Å². The number of nitrogens with one attached hydrogen (secondary N) is 2. The molecule has 0 radical (unpaired) electrons. The molecule has 6 heteroatoms. The van der Waals surface area contributed by atoms with Crippen LogP contribution in [-0.2, 0) is 13.1 Å². The second-order valence-electron chi connectivity index (χ2n) is 8.35. The van der Waals surface area contributed by atoms with Crippen molar-refractivity contribution in [1.29, 1.82) is 0 Å². The number of hydrogen-bond acceptors (Lipinski definition) is 3. The minimum absolute atomic E-state index is 0. The molecule has 0 spiro atoms. The highest BCUT2D eigenvalue weighted by Gasteiger charge is 2.19. The number of likely N-dealkylation sites (tertiary alicyclic amines) is 1. The van der Waals surface area contributed by atoms with E-state index in [1.54, 1.807) is 0 Å². The Kier molecular flexibility index (Phi) is 11.3. The molecule has 3 rings (SSSR count). The predicted octanol–water partition coefficient (Wildman–Crippen LogP) is 4.04. The van der Waals surface area contributed by atoms with Crippen LogP contribution in [0.1, 0.15) is 69.4 Å². The van der Waals surface area contributed by atoms with Gasteiger partial charge in [-0.2, -0.15) is 0 Å². The first kappa shape index (κ1) is 24.4. The lowest BCUT2D eigenvalue weighted by Crippen LogP contribution is -2.45. The normalized spacial score (nSPS) is 23.7. The lowest BCUT2D eigenvalue weighted by Gasteiger charge is -2.27. The Bertz CT molecular complexity index is 591. The van der Waals surface area contributed by atoms with E-state index in [9.17, 15) is 5.11 Å². The molecule has 1 aliphatic carbocycles. The molecule has 0 aromatic heterocycles. The van der Waals surface area contributed by atoms with E-state index >= 15 is 0 Å². The van der Waals surface area contributed by atoms with E-state index in [-0.39, 0.29) is 30.1 Å². The zero-order valence-electron chi connectivity index (χ0n) is 17.9. The fourth-order valence-corrected chi connectivity index (χ4v) is 4.21. The maximum Gasteiger partial charge on any atom is 0.191 e.